The minimum Gasteiger partial charge on any atom is -0.496 e. The van der Waals surface area contributed by atoms with Crippen molar-refractivity contribution in [1.82, 2.24) is 9.78 Å². The van der Waals surface area contributed by atoms with Crippen LogP contribution in [-0.4, -0.2) is 16.9 Å². The molecule has 19 heavy (non-hydrogen) atoms. The standard InChI is InChI=1S/C14H18BrN3O/c1-8-6-7-11(19-5)9(2)13(8)16-14-12(15)10(3)18(4)17-14/h6-7H,1-5H3,(H,16,17). The van der Waals surface area contributed by atoms with Crippen LogP contribution in [0.5, 0.6) is 5.75 Å². The number of hydrogen-bond acceptors (Lipinski definition) is 3. The van der Waals surface area contributed by atoms with Crippen LogP contribution in [0.4, 0.5) is 11.5 Å². The van der Waals surface area contributed by atoms with E-state index >= 15 is 0 Å². The minimum atomic E-state index is 0.819. The fraction of sp³-hybridized carbons (Fsp3) is 0.357. The summed E-state index contributed by atoms with van der Waals surface area (Å²) >= 11 is 3.57. The largest absolute Gasteiger partial charge is 0.496 e. The molecule has 0 unspecified atom stereocenters. The summed E-state index contributed by atoms with van der Waals surface area (Å²) in [6, 6.07) is 4.02. The van der Waals surface area contributed by atoms with E-state index in [0.29, 0.717) is 0 Å². The van der Waals surface area contributed by atoms with Crippen LogP contribution in [0.15, 0.2) is 16.6 Å². The third-order valence-electron chi connectivity index (χ3n) is 3.35. The van der Waals surface area contributed by atoms with Crippen LogP contribution in [0.25, 0.3) is 0 Å². The van der Waals surface area contributed by atoms with Gasteiger partial charge in [-0.1, -0.05) is 6.07 Å². The fourth-order valence-corrected chi connectivity index (χ4v) is 2.46. The van der Waals surface area contributed by atoms with Crippen molar-refractivity contribution in [2.75, 3.05) is 12.4 Å². The van der Waals surface area contributed by atoms with E-state index in [0.717, 1.165) is 38.5 Å². The number of ether oxygens (including phenoxy) is 1. The van der Waals surface area contributed by atoms with E-state index < -0.39 is 0 Å². The number of hydrogen-bond donors (Lipinski definition) is 1. The Kier molecular flexibility index (Phi) is 3.85. The van der Waals surface area contributed by atoms with Crippen LogP contribution in [0.3, 0.4) is 0 Å². The highest BCUT2D eigenvalue weighted by molar-refractivity contribution is 9.10. The molecule has 0 aliphatic carbocycles. The molecule has 1 aromatic carbocycles. The van der Waals surface area contributed by atoms with Crippen molar-refractivity contribution in [2.45, 2.75) is 20.8 Å². The topological polar surface area (TPSA) is 39.1 Å². The summed E-state index contributed by atoms with van der Waals surface area (Å²) in [6.07, 6.45) is 0. The van der Waals surface area contributed by atoms with Crippen molar-refractivity contribution in [3.05, 3.63) is 33.4 Å². The van der Waals surface area contributed by atoms with Crippen LogP contribution in [0, 0.1) is 20.8 Å². The Balaban J connectivity index is 2.46. The second-order valence-electron chi connectivity index (χ2n) is 4.58. The smallest absolute Gasteiger partial charge is 0.167 e. The lowest BCUT2D eigenvalue weighted by Gasteiger charge is -2.14. The Morgan fingerprint density at radius 1 is 1.26 bits per heavy atom. The number of nitrogens with one attached hydrogen (secondary N) is 1. The van der Waals surface area contributed by atoms with E-state index in [4.69, 9.17) is 4.74 Å². The Bertz CT molecular complexity index is 620. The van der Waals surface area contributed by atoms with Crippen LogP contribution in [0.2, 0.25) is 0 Å². The molecule has 1 N–H and O–H groups in total. The molecule has 102 valence electrons. The van der Waals surface area contributed by atoms with Crippen molar-refractivity contribution in [3.8, 4) is 5.75 Å². The zero-order chi connectivity index (χ0) is 14.2. The molecule has 0 atom stereocenters. The van der Waals surface area contributed by atoms with Crippen LogP contribution < -0.4 is 10.1 Å². The number of aromatic nitrogens is 2. The minimum absolute atomic E-state index is 0.819. The predicted molar refractivity (Wildman–Crippen MR) is 81.4 cm³/mol. The summed E-state index contributed by atoms with van der Waals surface area (Å²) in [5, 5.41) is 7.85. The summed E-state index contributed by atoms with van der Waals surface area (Å²) in [4.78, 5) is 0. The van der Waals surface area contributed by atoms with Gasteiger partial charge >= 0.3 is 0 Å². The maximum atomic E-state index is 5.36. The number of nitrogens with zero attached hydrogens (tertiary/aromatic N) is 2. The normalized spacial score (nSPS) is 10.6. The van der Waals surface area contributed by atoms with Crippen molar-refractivity contribution in [1.29, 1.82) is 0 Å². The van der Waals surface area contributed by atoms with Gasteiger partial charge < -0.3 is 10.1 Å². The molecular formula is C14H18BrN3O. The quantitative estimate of drug-likeness (QED) is 0.932. The van der Waals surface area contributed by atoms with Crippen LogP contribution >= 0.6 is 15.9 Å². The van der Waals surface area contributed by atoms with Gasteiger partial charge in [0, 0.05) is 18.3 Å². The van der Waals surface area contributed by atoms with Gasteiger partial charge in [-0.15, -0.1) is 0 Å². The van der Waals surface area contributed by atoms with Gasteiger partial charge in [-0.2, -0.15) is 5.10 Å². The van der Waals surface area contributed by atoms with E-state index in [9.17, 15) is 0 Å². The molecule has 0 amide bonds. The SMILES string of the molecule is COc1ccc(C)c(Nc2nn(C)c(C)c2Br)c1C. The van der Waals surface area contributed by atoms with Gasteiger partial charge in [0.05, 0.1) is 17.3 Å². The van der Waals surface area contributed by atoms with Gasteiger partial charge in [0.15, 0.2) is 5.82 Å². The van der Waals surface area contributed by atoms with Gasteiger partial charge in [-0.05, 0) is 48.3 Å². The van der Waals surface area contributed by atoms with Gasteiger partial charge in [0.1, 0.15) is 5.75 Å². The summed E-state index contributed by atoms with van der Waals surface area (Å²) < 4.78 is 8.19. The van der Waals surface area contributed by atoms with E-state index in [1.54, 1.807) is 7.11 Å². The highest BCUT2D eigenvalue weighted by Crippen LogP contribution is 2.34. The molecule has 1 heterocycles. The van der Waals surface area contributed by atoms with Crippen LogP contribution in [0.1, 0.15) is 16.8 Å². The summed E-state index contributed by atoms with van der Waals surface area (Å²) in [5.74, 6) is 1.69. The van der Waals surface area contributed by atoms with E-state index in [1.165, 1.54) is 0 Å². The van der Waals surface area contributed by atoms with Crippen molar-refractivity contribution < 1.29 is 4.74 Å². The first-order chi connectivity index (χ1) is 8.95. The summed E-state index contributed by atoms with van der Waals surface area (Å²) in [6.45, 7) is 6.13. The second-order valence-corrected chi connectivity index (χ2v) is 5.37. The Labute approximate surface area is 121 Å². The average molecular weight is 324 g/mol. The lowest BCUT2D eigenvalue weighted by Crippen LogP contribution is -2.00. The molecule has 0 saturated heterocycles. The molecular weight excluding hydrogens is 306 g/mol. The third kappa shape index (κ3) is 2.47. The number of methoxy groups -OCH3 is 1. The number of halogens is 1. The van der Waals surface area contributed by atoms with Gasteiger partial charge in [-0.3, -0.25) is 4.68 Å². The highest BCUT2D eigenvalue weighted by atomic mass is 79.9. The molecule has 2 aromatic rings. The zero-order valence-corrected chi connectivity index (χ0v) is 13.4. The fourth-order valence-electron chi connectivity index (χ4n) is 2.02. The lowest BCUT2D eigenvalue weighted by atomic mass is 10.1. The first-order valence-electron chi connectivity index (χ1n) is 6.06. The maximum absolute atomic E-state index is 5.36. The highest BCUT2D eigenvalue weighted by Gasteiger charge is 2.14. The zero-order valence-electron chi connectivity index (χ0n) is 11.8. The van der Waals surface area contributed by atoms with Crippen molar-refractivity contribution in [2.24, 2.45) is 7.05 Å². The predicted octanol–water partition coefficient (Wildman–Crippen LogP) is 3.86. The van der Waals surface area contributed by atoms with E-state index in [1.807, 2.05) is 37.7 Å². The molecule has 0 aliphatic heterocycles. The van der Waals surface area contributed by atoms with Gasteiger partial charge in [0.2, 0.25) is 0 Å². The first kappa shape index (κ1) is 13.9. The average Bonchev–Trinajstić information content (AvgIpc) is 2.62. The molecule has 0 fully saturated rings. The van der Waals surface area contributed by atoms with Gasteiger partial charge in [0.25, 0.3) is 0 Å². The van der Waals surface area contributed by atoms with Crippen molar-refractivity contribution in [3.63, 3.8) is 0 Å². The third-order valence-corrected chi connectivity index (χ3v) is 4.30. The van der Waals surface area contributed by atoms with Gasteiger partial charge in [-0.25, -0.2) is 0 Å². The Hall–Kier alpha value is -1.49. The van der Waals surface area contributed by atoms with Crippen molar-refractivity contribution >= 4 is 27.4 Å². The number of benzene rings is 1. The molecule has 0 aliphatic rings. The number of aryl methyl sites for hydroxylation is 2. The van der Waals surface area contributed by atoms with E-state index in [-0.39, 0.29) is 0 Å². The molecule has 0 radical (unpaired) electrons. The molecule has 2 rings (SSSR count). The molecule has 0 bridgehead atoms. The second kappa shape index (κ2) is 5.25. The monoisotopic (exact) mass is 323 g/mol. The molecule has 1 aromatic heterocycles. The molecule has 5 heteroatoms. The maximum Gasteiger partial charge on any atom is 0.167 e. The molecule has 4 nitrogen and oxygen atoms in total. The van der Waals surface area contributed by atoms with E-state index in [2.05, 4.69) is 33.3 Å². The summed E-state index contributed by atoms with van der Waals surface area (Å²) in [5.41, 5.74) is 4.37. The molecule has 0 spiro atoms. The summed E-state index contributed by atoms with van der Waals surface area (Å²) in [7, 11) is 3.61. The number of anilines is 2. The first-order valence-corrected chi connectivity index (χ1v) is 6.85. The Morgan fingerprint density at radius 2 is 1.95 bits per heavy atom. The lowest BCUT2D eigenvalue weighted by molar-refractivity contribution is 0.412. The number of rotatable bonds is 3. The molecule has 0 saturated carbocycles. The Morgan fingerprint density at radius 3 is 2.47 bits per heavy atom. The van der Waals surface area contributed by atoms with Crippen LogP contribution in [-0.2, 0) is 7.05 Å².